The van der Waals surface area contributed by atoms with E-state index in [1.54, 1.807) is 6.34 Å². The number of para-hydroxylation sites is 6. The lowest BCUT2D eigenvalue weighted by atomic mass is 10.3. The molecule has 6 nitrogen and oxygen atoms in total. The molecule has 0 unspecified atom stereocenters. The molecule has 6 heteroatoms. The number of hydrogen-bond donors (Lipinski definition) is 3. The first-order chi connectivity index (χ1) is 16.9. The zero-order chi connectivity index (χ0) is 23.3. The molecule has 0 fully saturated rings. The van der Waals surface area contributed by atoms with Crippen molar-refractivity contribution in [2.24, 2.45) is 4.99 Å². The van der Waals surface area contributed by atoms with Gasteiger partial charge in [-0.25, -0.2) is 4.99 Å². The highest BCUT2D eigenvalue weighted by molar-refractivity contribution is 5.78. The van der Waals surface area contributed by atoms with Crippen LogP contribution in [0.15, 0.2) is 114 Å². The third kappa shape index (κ3) is 7.03. The number of anilines is 3. The molecule has 0 atom stereocenters. The van der Waals surface area contributed by atoms with E-state index in [4.69, 9.17) is 9.47 Å². The molecule has 0 aliphatic heterocycles. The van der Waals surface area contributed by atoms with Gasteiger partial charge < -0.3 is 25.4 Å². The summed E-state index contributed by atoms with van der Waals surface area (Å²) in [6.45, 7) is 1.39. The first kappa shape index (κ1) is 22.7. The predicted octanol–water partition coefficient (Wildman–Crippen LogP) is 6.40. The molecule has 3 N–H and O–H groups in total. The third-order valence-electron chi connectivity index (χ3n) is 4.90. The van der Waals surface area contributed by atoms with E-state index >= 15 is 0 Å². The molecule has 0 aliphatic rings. The van der Waals surface area contributed by atoms with E-state index in [1.165, 1.54) is 0 Å². The molecule has 0 amide bonds. The summed E-state index contributed by atoms with van der Waals surface area (Å²) in [4.78, 5) is 4.49. The minimum absolute atomic E-state index is 0.398. The summed E-state index contributed by atoms with van der Waals surface area (Å²) in [7, 11) is 0. The minimum atomic E-state index is 0.398. The second-order valence-electron chi connectivity index (χ2n) is 7.33. The normalized spacial score (nSPS) is 10.6. The summed E-state index contributed by atoms with van der Waals surface area (Å²) in [5.41, 5.74) is 3.70. The third-order valence-corrected chi connectivity index (χ3v) is 4.90. The maximum Gasteiger partial charge on any atom is 0.145 e. The molecule has 4 rings (SSSR count). The average molecular weight is 453 g/mol. The fourth-order valence-corrected chi connectivity index (χ4v) is 3.24. The number of ether oxygens (including phenoxy) is 2. The van der Waals surface area contributed by atoms with Crippen molar-refractivity contribution < 1.29 is 9.47 Å². The van der Waals surface area contributed by atoms with Crippen LogP contribution >= 0.6 is 0 Å². The van der Waals surface area contributed by atoms with E-state index in [0.29, 0.717) is 25.6 Å². The summed E-state index contributed by atoms with van der Waals surface area (Å²) >= 11 is 0. The highest BCUT2D eigenvalue weighted by Crippen LogP contribution is 2.27. The van der Waals surface area contributed by atoms with Crippen LogP contribution in [0.2, 0.25) is 0 Å². The van der Waals surface area contributed by atoms with Crippen LogP contribution in [0.1, 0.15) is 0 Å². The van der Waals surface area contributed by atoms with E-state index < -0.39 is 0 Å². The summed E-state index contributed by atoms with van der Waals surface area (Å²) in [6, 6.07) is 35.5. The number of rotatable bonds is 12. The van der Waals surface area contributed by atoms with E-state index in [9.17, 15) is 0 Å². The lowest BCUT2D eigenvalue weighted by Gasteiger charge is -2.15. The van der Waals surface area contributed by atoms with Gasteiger partial charge in [-0.05, 0) is 48.5 Å². The molecule has 0 aromatic heterocycles. The van der Waals surface area contributed by atoms with Gasteiger partial charge in [0.15, 0.2) is 0 Å². The first-order valence-corrected chi connectivity index (χ1v) is 11.2. The quantitative estimate of drug-likeness (QED) is 0.100. The Morgan fingerprint density at radius 2 is 1.18 bits per heavy atom. The fraction of sp³-hybridized carbons (Fsp3) is 0.107. The van der Waals surface area contributed by atoms with Gasteiger partial charge in [-0.15, -0.1) is 0 Å². The Balaban J connectivity index is 1.25. The van der Waals surface area contributed by atoms with Crippen LogP contribution < -0.4 is 25.4 Å². The summed E-state index contributed by atoms with van der Waals surface area (Å²) < 4.78 is 11.9. The van der Waals surface area contributed by atoms with Crippen molar-refractivity contribution in [2.45, 2.75) is 0 Å². The van der Waals surface area contributed by atoms with Crippen LogP contribution in [0, 0.1) is 0 Å². The van der Waals surface area contributed by atoms with Crippen molar-refractivity contribution in [1.82, 2.24) is 0 Å². The van der Waals surface area contributed by atoms with Gasteiger partial charge in [0, 0.05) is 11.4 Å². The van der Waals surface area contributed by atoms with Gasteiger partial charge in [-0.2, -0.15) is 0 Å². The Labute approximate surface area is 200 Å². The monoisotopic (exact) mass is 452 g/mol. The van der Waals surface area contributed by atoms with Crippen molar-refractivity contribution in [3.05, 3.63) is 109 Å². The molecule has 4 aromatic carbocycles. The number of benzene rings is 4. The molecule has 0 aliphatic carbocycles. The summed E-state index contributed by atoms with van der Waals surface area (Å²) in [5.74, 6) is 1.48. The standard InChI is InChI=1S/C28H28N4O2/c1-3-11-23(12-4-1)29-21-31-25-15-7-9-17-27(25)33-19-20-34-28-18-10-8-16-26(28)32-22-30-24-13-5-2-6-14-24/h1-18,21,30,32H,19-20,22H2,(H,29,31). The van der Waals surface area contributed by atoms with Crippen molar-refractivity contribution in [3.8, 4) is 11.5 Å². The second kappa shape index (κ2) is 12.6. The Morgan fingerprint density at radius 3 is 1.94 bits per heavy atom. The lowest BCUT2D eigenvalue weighted by molar-refractivity contribution is 0.218. The van der Waals surface area contributed by atoms with Gasteiger partial charge in [0.25, 0.3) is 0 Å². The van der Waals surface area contributed by atoms with Crippen molar-refractivity contribution in [3.63, 3.8) is 0 Å². The fourth-order valence-electron chi connectivity index (χ4n) is 3.24. The molecule has 4 aromatic rings. The van der Waals surface area contributed by atoms with Crippen LogP contribution in [0.3, 0.4) is 0 Å². The van der Waals surface area contributed by atoms with E-state index in [0.717, 1.165) is 28.5 Å². The van der Waals surface area contributed by atoms with Crippen LogP contribution in [-0.4, -0.2) is 26.2 Å². The topological polar surface area (TPSA) is 66.9 Å². The lowest BCUT2D eigenvalue weighted by Crippen LogP contribution is -2.14. The maximum absolute atomic E-state index is 5.97. The average Bonchev–Trinajstić information content (AvgIpc) is 2.89. The van der Waals surface area contributed by atoms with E-state index in [-0.39, 0.29) is 0 Å². The van der Waals surface area contributed by atoms with Crippen LogP contribution in [0.4, 0.5) is 22.7 Å². The van der Waals surface area contributed by atoms with Crippen molar-refractivity contribution in [1.29, 1.82) is 0 Å². The summed E-state index contributed by atoms with van der Waals surface area (Å²) in [6.07, 6.45) is 1.67. The number of aliphatic imine (C=N–C) groups is 1. The molecule has 0 saturated carbocycles. The molecule has 0 saturated heterocycles. The molecular formula is C28H28N4O2. The first-order valence-electron chi connectivity index (χ1n) is 11.2. The van der Waals surface area contributed by atoms with Crippen LogP contribution in [-0.2, 0) is 0 Å². The molecule has 0 heterocycles. The molecular weight excluding hydrogens is 424 g/mol. The highest BCUT2D eigenvalue weighted by Gasteiger charge is 2.04. The van der Waals surface area contributed by atoms with Gasteiger partial charge >= 0.3 is 0 Å². The number of nitrogens with zero attached hydrogens (tertiary/aromatic N) is 1. The summed E-state index contributed by atoms with van der Waals surface area (Å²) in [5, 5.41) is 9.85. The van der Waals surface area contributed by atoms with Gasteiger partial charge in [-0.1, -0.05) is 60.7 Å². The number of nitrogens with one attached hydrogen (secondary N) is 3. The van der Waals surface area contributed by atoms with Crippen molar-refractivity contribution >= 4 is 29.1 Å². The zero-order valence-electron chi connectivity index (χ0n) is 18.9. The molecule has 0 bridgehead atoms. The zero-order valence-corrected chi connectivity index (χ0v) is 18.9. The van der Waals surface area contributed by atoms with Crippen molar-refractivity contribution in [2.75, 3.05) is 35.8 Å². The van der Waals surface area contributed by atoms with Gasteiger partial charge in [0.1, 0.15) is 30.4 Å². The van der Waals surface area contributed by atoms with E-state index in [1.807, 2.05) is 109 Å². The second-order valence-corrected chi connectivity index (χ2v) is 7.33. The predicted molar refractivity (Wildman–Crippen MR) is 141 cm³/mol. The molecule has 34 heavy (non-hydrogen) atoms. The Hall–Kier alpha value is -4.45. The minimum Gasteiger partial charge on any atom is -0.488 e. The van der Waals surface area contributed by atoms with Crippen LogP contribution in [0.25, 0.3) is 0 Å². The molecule has 0 radical (unpaired) electrons. The highest BCUT2D eigenvalue weighted by atomic mass is 16.5. The molecule has 172 valence electrons. The number of hydrogen-bond acceptors (Lipinski definition) is 5. The van der Waals surface area contributed by atoms with Gasteiger partial charge in [0.05, 0.1) is 18.7 Å². The largest absolute Gasteiger partial charge is 0.488 e. The Kier molecular flexibility index (Phi) is 8.39. The van der Waals surface area contributed by atoms with Gasteiger partial charge in [0.2, 0.25) is 0 Å². The SMILES string of the molecule is C(=Nc1ccccc1OCCOc1ccccc1NCNc1ccccc1)Nc1ccccc1. The Bertz CT molecular complexity index is 1170. The van der Waals surface area contributed by atoms with Crippen LogP contribution in [0.5, 0.6) is 11.5 Å². The smallest absolute Gasteiger partial charge is 0.145 e. The van der Waals surface area contributed by atoms with E-state index in [2.05, 4.69) is 20.9 Å². The molecule has 0 spiro atoms. The Morgan fingerprint density at radius 1 is 0.588 bits per heavy atom. The maximum atomic E-state index is 5.97. The van der Waals surface area contributed by atoms with Gasteiger partial charge in [-0.3, -0.25) is 0 Å².